The molecular formula is C25H32N2O2S. The maximum absolute atomic E-state index is 11.0. The standard InChI is InChI=1S/C25H32N2O2S/c1-3-21(9-6-7-16-27-17-8-10-22(19-28)15-18-27)14-13-20(2)29-25-26-23-11-4-5-12-24(23)30-25/h3-5,11-14,19,22H,1,6-10,15-18H2,2H3/b20-13+,21-14+. The fourth-order valence-corrected chi connectivity index (χ4v) is 4.62. The summed E-state index contributed by atoms with van der Waals surface area (Å²) >= 11 is 1.56. The monoisotopic (exact) mass is 424 g/mol. The highest BCUT2D eigenvalue weighted by atomic mass is 32.1. The van der Waals surface area contributed by atoms with Crippen molar-refractivity contribution in [3.05, 3.63) is 60.4 Å². The van der Waals surface area contributed by atoms with Gasteiger partial charge in [-0.3, -0.25) is 0 Å². The Hall–Kier alpha value is -2.24. The second-order valence-electron chi connectivity index (χ2n) is 7.90. The van der Waals surface area contributed by atoms with Crippen molar-refractivity contribution in [2.24, 2.45) is 5.92 Å². The van der Waals surface area contributed by atoms with E-state index in [0.29, 0.717) is 5.19 Å². The van der Waals surface area contributed by atoms with Crippen molar-refractivity contribution >= 4 is 27.8 Å². The zero-order valence-electron chi connectivity index (χ0n) is 17.9. The number of thiazole rings is 1. The Morgan fingerprint density at radius 3 is 2.93 bits per heavy atom. The number of rotatable bonds is 10. The van der Waals surface area contributed by atoms with Gasteiger partial charge in [0, 0.05) is 5.92 Å². The molecule has 0 amide bonds. The number of aldehydes is 1. The van der Waals surface area contributed by atoms with E-state index in [2.05, 4.69) is 28.6 Å². The van der Waals surface area contributed by atoms with Crippen molar-refractivity contribution in [2.45, 2.75) is 45.4 Å². The number of fused-ring (bicyclic) bond motifs is 1. The zero-order valence-corrected chi connectivity index (χ0v) is 18.7. The van der Waals surface area contributed by atoms with Crippen LogP contribution in [0.25, 0.3) is 10.2 Å². The number of hydrogen-bond acceptors (Lipinski definition) is 5. The fourth-order valence-electron chi connectivity index (χ4n) is 3.75. The minimum absolute atomic E-state index is 0.269. The smallest absolute Gasteiger partial charge is 0.279 e. The highest BCUT2D eigenvalue weighted by Gasteiger charge is 2.15. The first-order chi connectivity index (χ1) is 14.7. The third kappa shape index (κ3) is 6.92. The van der Waals surface area contributed by atoms with Gasteiger partial charge in [-0.15, -0.1) is 0 Å². The Labute approximate surface area is 184 Å². The number of hydrogen-bond donors (Lipinski definition) is 0. The average molecular weight is 425 g/mol. The molecule has 0 N–H and O–H groups in total. The Bertz CT molecular complexity index is 866. The molecule has 1 unspecified atom stereocenters. The Balaban J connectivity index is 1.43. The predicted molar refractivity (Wildman–Crippen MR) is 126 cm³/mol. The van der Waals surface area contributed by atoms with Crippen molar-refractivity contribution in [3.63, 3.8) is 0 Å². The van der Waals surface area contributed by atoms with E-state index in [1.807, 2.05) is 37.3 Å². The molecule has 160 valence electrons. The lowest BCUT2D eigenvalue weighted by molar-refractivity contribution is -0.111. The van der Waals surface area contributed by atoms with Crippen LogP contribution in [-0.2, 0) is 4.79 Å². The van der Waals surface area contributed by atoms with E-state index in [1.54, 1.807) is 11.3 Å². The van der Waals surface area contributed by atoms with E-state index in [9.17, 15) is 4.79 Å². The highest BCUT2D eigenvalue weighted by Crippen LogP contribution is 2.28. The number of para-hydroxylation sites is 1. The zero-order chi connectivity index (χ0) is 21.2. The van der Waals surface area contributed by atoms with Crippen molar-refractivity contribution < 1.29 is 9.53 Å². The fraction of sp³-hybridized carbons (Fsp3) is 0.440. The van der Waals surface area contributed by atoms with Crippen LogP contribution < -0.4 is 4.74 Å². The summed E-state index contributed by atoms with van der Waals surface area (Å²) in [7, 11) is 0. The number of likely N-dealkylation sites (tertiary alicyclic amines) is 1. The summed E-state index contributed by atoms with van der Waals surface area (Å²) in [6.07, 6.45) is 13.7. The summed E-state index contributed by atoms with van der Waals surface area (Å²) in [4.78, 5) is 18.0. The van der Waals surface area contributed by atoms with Gasteiger partial charge >= 0.3 is 0 Å². The van der Waals surface area contributed by atoms with Gasteiger partial charge in [0.1, 0.15) is 12.0 Å². The summed E-state index contributed by atoms with van der Waals surface area (Å²) in [5.74, 6) is 1.09. The largest absolute Gasteiger partial charge is 0.436 e. The molecule has 2 heterocycles. The van der Waals surface area contributed by atoms with Gasteiger partial charge in [0.2, 0.25) is 0 Å². The minimum Gasteiger partial charge on any atom is -0.436 e. The number of unbranched alkanes of at least 4 members (excludes halogenated alkanes) is 1. The Morgan fingerprint density at radius 1 is 1.27 bits per heavy atom. The average Bonchev–Trinajstić information content (AvgIpc) is 3.02. The summed E-state index contributed by atoms with van der Waals surface area (Å²) in [6, 6.07) is 8.06. The first-order valence-electron chi connectivity index (χ1n) is 10.9. The quantitative estimate of drug-likeness (QED) is 0.198. The number of benzene rings is 1. The Morgan fingerprint density at radius 2 is 2.13 bits per heavy atom. The molecule has 1 saturated heterocycles. The van der Waals surface area contributed by atoms with Gasteiger partial charge in [-0.1, -0.05) is 42.2 Å². The maximum Gasteiger partial charge on any atom is 0.279 e. The SMILES string of the molecule is C=C/C(=C\C=C(/C)Oc1nc2ccccc2s1)CCCCN1CCCC(C=O)CC1. The van der Waals surface area contributed by atoms with Crippen LogP contribution in [0.1, 0.15) is 45.4 Å². The van der Waals surface area contributed by atoms with Crippen molar-refractivity contribution in [1.82, 2.24) is 9.88 Å². The molecular weight excluding hydrogens is 392 g/mol. The number of carbonyl (C=O) groups excluding carboxylic acids is 1. The van der Waals surface area contributed by atoms with Gasteiger partial charge in [0.25, 0.3) is 5.19 Å². The van der Waals surface area contributed by atoms with Gasteiger partial charge in [-0.05, 0) is 88.9 Å². The number of carbonyl (C=O) groups is 1. The van der Waals surface area contributed by atoms with Gasteiger partial charge in [0.05, 0.1) is 10.2 Å². The molecule has 0 aliphatic carbocycles. The summed E-state index contributed by atoms with van der Waals surface area (Å²) in [6.45, 7) is 9.21. The molecule has 1 aliphatic rings. The van der Waals surface area contributed by atoms with E-state index in [4.69, 9.17) is 4.74 Å². The molecule has 1 aromatic heterocycles. The summed E-state index contributed by atoms with van der Waals surface area (Å²) in [5, 5.41) is 0.674. The third-order valence-electron chi connectivity index (χ3n) is 5.56. The molecule has 30 heavy (non-hydrogen) atoms. The van der Waals surface area contributed by atoms with Gasteiger partial charge < -0.3 is 14.4 Å². The highest BCUT2D eigenvalue weighted by molar-refractivity contribution is 7.20. The predicted octanol–water partition coefficient (Wildman–Crippen LogP) is 6.16. The molecule has 3 rings (SSSR count). The molecule has 1 aliphatic heterocycles. The van der Waals surface area contributed by atoms with Crippen molar-refractivity contribution in [2.75, 3.05) is 19.6 Å². The van der Waals surface area contributed by atoms with Crippen LogP contribution in [0.4, 0.5) is 0 Å². The van der Waals surface area contributed by atoms with Crippen molar-refractivity contribution in [3.8, 4) is 5.19 Å². The molecule has 1 aromatic carbocycles. The van der Waals surface area contributed by atoms with E-state index in [0.717, 1.165) is 74.0 Å². The second kappa shape index (κ2) is 11.8. The molecule has 0 radical (unpaired) electrons. The Kier molecular flexibility index (Phi) is 8.84. The lowest BCUT2D eigenvalue weighted by atomic mass is 10.0. The lowest BCUT2D eigenvalue weighted by Gasteiger charge is -2.19. The summed E-state index contributed by atoms with van der Waals surface area (Å²) in [5.41, 5.74) is 2.19. The number of aromatic nitrogens is 1. The molecule has 0 bridgehead atoms. The second-order valence-corrected chi connectivity index (χ2v) is 8.89. The molecule has 4 nitrogen and oxygen atoms in total. The molecule has 2 aromatic rings. The van der Waals surface area contributed by atoms with E-state index >= 15 is 0 Å². The number of nitrogens with zero attached hydrogens (tertiary/aromatic N) is 2. The maximum atomic E-state index is 11.0. The first-order valence-corrected chi connectivity index (χ1v) is 11.7. The van der Waals surface area contributed by atoms with Gasteiger partial charge in [-0.25, -0.2) is 4.98 Å². The number of allylic oxidation sites excluding steroid dienone is 5. The van der Waals surface area contributed by atoms with Crippen LogP contribution in [0, 0.1) is 5.92 Å². The van der Waals surface area contributed by atoms with Crippen LogP contribution in [0.5, 0.6) is 5.19 Å². The van der Waals surface area contributed by atoms with Gasteiger partial charge in [-0.2, -0.15) is 0 Å². The van der Waals surface area contributed by atoms with Crippen LogP contribution in [-0.4, -0.2) is 35.8 Å². The topological polar surface area (TPSA) is 42.4 Å². The minimum atomic E-state index is 0.269. The van der Waals surface area contributed by atoms with Crippen LogP contribution in [0.15, 0.2) is 60.4 Å². The molecule has 5 heteroatoms. The van der Waals surface area contributed by atoms with Crippen LogP contribution in [0.3, 0.4) is 0 Å². The van der Waals surface area contributed by atoms with Crippen LogP contribution >= 0.6 is 11.3 Å². The first kappa shape index (κ1) is 22.4. The van der Waals surface area contributed by atoms with E-state index < -0.39 is 0 Å². The van der Waals surface area contributed by atoms with E-state index in [1.165, 1.54) is 12.0 Å². The molecule has 1 fully saturated rings. The van der Waals surface area contributed by atoms with Crippen molar-refractivity contribution in [1.29, 1.82) is 0 Å². The lowest BCUT2D eigenvalue weighted by Crippen LogP contribution is -2.26. The summed E-state index contributed by atoms with van der Waals surface area (Å²) < 4.78 is 7.02. The molecule has 0 saturated carbocycles. The molecule has 0 spiro atoms. The van der Waals surface area contributed by atoms with E-state index in [-0.39, 0.29) is 5.92 Å². The van der Waals surface area contributed by atoms with Crippen LogP contribution in [0.2, 0.25) is 0 Å². The molecule has 1 atom stereocenters. The normalized spacial score (nSPS) is 18.9. The van der Waals surface area contributed by atoms with Gasteiger partial charge in [0.15, 0.2) is 0 Å². The number of ether oxygens (including phenoxy) is 1. The third-order valence-corrected chi connectivity index (χ3v) is 6.48.